The number of hydrogen-bond acceptors (Lipinski definition) is 4. The fourth-order valence-corrected chi connectivity index (χ4v) is 2.51. The summed E-state index contributed by atoms with van der Waals surface area (Å²) in [6.07, 6.45) is 1.81. The molecule has 3 N–H and O–H groups in total. The van der Waals surface area contributed by atoms with E-state index >= 15 is 0 Å². The zero-order valence-corrected chi connectivity index (χ0v) is 12.2. The van der Waals surface area contributed by atoms with Gasteiger partial charge >= 0.3 is 0 Å². The number of nitrogens with two attached hydrogens (primary N) is 1. The van der Waals surface area contributed by atoms with E-state index in [1.165, 1.54) is 0 Å². The molecule has 0 radical (unpaired) electrons. The Hall–Kier alpha value is -1.23. The van der Waals surface area contributed by atoms with Crippen molar-refractivity contribution < 1.29 is 8.95 Å². The van der Waals surface area contributed by atoms with E-state index in [1.54, 1.807) is 12.3 Å². The second kappa shape index (κ2) is 6.64. The maximum absolute atomic E-state index is 11.1. The smallest absolute Gasteiger partial charge is 0.123 e. The average Bonchev–Trinajstić information content (AvgIpc) is 2.12. The number of benzene rings is 1. The van der Waals surface area contributed by atoms with Gasteiger partial charge in [0.15, 0.2) is 0 Å². The lowest BCUT2D eigenvalue weighted by Gasteiger charge is -2.16. The van der Waals surface area contributed by atoms with Crippen molar-refractivity contribution in [2.24, 2.45) is 0 Å². The van der Waals surface area contributed by atoms with Gasteiger partial charge in [-0.3, -0.25) is 4.21 Å². The molecule has 0 spiro atoms. The number of nitrogen functional groups attached to an aromatic ring is 1. The average molecular weight is 270 g/mol. The van der Waals surface area contributed by atoms with Crippen LogP contribution in [0.4, 0.5) is 11.4 Å². The Morgan fingerprint density at radius 2 is 2.00 bits per heavy atom. The van der Waals surface area contributed by atoms with Gasteiger partial charge < -0.3 is 15.8 Å². The van der Waals surface area contributed by atoms with Crippen LogP contribution >= 0.6 is 0 Å². The third-order valence-electron chi connectivity index (χ3n) is 2.20. The van der Waals surface area contributed by atoms with Crippen molar-refractivity contribution in [1.82, 2.24) is 0 Å². The van der Waals surface area contributed by atoms with E-state index in [0.717, 1.165) is 11.4 Å². The van der Waals surface area contributed by atoms with Gasteiger partial charge in [0.2, 0.25) is 0 Å². The van der Waals surface area contributed by atoms with Crippen LogP contribution < -0.4 is 15.8 Å². The third-order valence-corrected chi connectivity index (χ3v) is 3.17. The number of hydrogen-bond donors (Lipinski definition) is 2. The summed E-state index contributed by atoms with van der Waals surface area (Å²) in [4.78, 5) is 0. The topological polar surface area (TPSA) is 64.4 Å². The molecule has 0 heterocycles. The quantitative estimate of drug-likeness (QED) is 0.778. The molecule has 0 aliphatic heterocycles. The molecule has 0 saturated carbocycles. The summed E-state index contributed by atoms with van der Waals surface area (Å²) in [6.45, 7) is 5.94. The van der Waals surface area contributed by atoms with Crippen LogP contribution in [0.3, 0.4) is 0 Å². The fraction of sp³-hybridized carbons (Fsp3) is 0.538. The lowest BCUT2D eigenvalue weighted by atomic mass is 10.2. The predicted molar refractivity (Wildman–Crippen MR) is 78.6 cm³/mol. The highest BCUT2D eigenvalue weighted by Gasteiger charge is 2.07. The molecular weight excluding hydrogens is 248 g/mol. The van der Waals surface area contributed by atoms with Gasteiger partial charge in [0, 0.05) is 52.4 Å². The van der Waals surface area contributed by atoms with Crippen LogP contribution in [0.5, 0.6) is 5.75 Å². The molecule has 2 unspecified atom stereocenters. The first-order chi connectivity index (χ1) is 8.36. The summed E-state index contributed by atoms with van der Waals surface area (Å²) in [5.74, 6) is 1.35. The van der Waals surface area contributed by atoms with Gasteiger partial charge in [-0.05, 0) is 26.8 Å². The predicted octanol–water partition coefficient (Wildman–Crippen LogP) is 2.23. The molecule has 1 aromatic carbocycles. The van der Waals surface area contributed by atoms with Gasteiger partial charge in [0.25, 0.3) is 0 Å². The highest BCUT2D eigenvalue weighted by atomic mass is 32.2. The van der Waals surface area contributed by atoms with Gasteiger partial charge in [-0.2, -0.15) is 0 Å². The molecule has 2 atom stereocenters. The molecule has 0 saturated heterocycles. The second-order valence-corrected chi connectivity index (χ2v) is 6.22. The van der Waals surface area contributed by atoms with E-state index in [0.29, 0.717) is 11.4 Å². The monoisotopic (exact) mass is 270 g/mol. The Morgan fingerprint density at radius 3 is 2.56 bits per heavy atom. The highest BCUT2D eigenvalue weighted by molar-refractivity contribution is 7.84. The Balaban J connectivity index is 2.76. The summed E-state index contributed by atoms with van der Waals surface area (Å²) in [5.41, 5.74) is 7.38. The lowest BCUT2D eigenvalue weighted by Crippen LogP contribution is -2.22. The summed E-state index contributed by atoms with van der Waals surface area (Å²) in [5, 5.41) is 3.27. The maximum Gasteiger partial charge on any atom is 0.123 e. The van der Waals surface area contributed by atoms with E-state index in [-0.39, 0.29) is 12.1 Å². The van der Waals surface area contributed by atoms with E-state index in [4.69, 9.17) is 10.5 Å². The van der Waals surface area contributed by atoms with Crippen molar-refractivity contribution in [2.45, 2.75) is 32.9 Å². The summed E-state index contributed by atoms with van der Waals surface area (Å²) < 4.78 is 16.8. The molecule has 0 bridgehead atoms. The molecule has 0 aliphatic carbocycles. The van der Waals surface area contributed by atoms with Crippen molar-refractivity contribution in [3.8, 4) is 5.75 Å². The maximum atomic E-state index is 11.1. The molecule has 0 fully saturated rings. The summed E-state index contributed by atoms with van der Waals surface area (Å²) >= 11 is 0. The van der Waals surface area contributed by atoms with E-state index < -0.39 is 10.8 Å². The van der Waals surface area contributed by atoms with Crippen molar-refractivity contribution in [3.05, 3.63) is 18.2 Å². The van der Waals surface area contributed by atoms with Crippen LogP contribution in [-0.4, -0.2) is 28.4 Å². The Bertz CT molecular complexity index is 421. The molecule has 102 valence electrons. The van der Waals surface area contributed by atoms with Gasteiger partial charge in [0.05, 0.1) is 6.10 Å². The van der Waals surface area contributed by atoms with Crippen LogP contribution in [0.25, 0.3) is 0 Å². The van der Waals surface area contributed by atoms with Crippen LogP contribution in [0.1, 0.15) is 20.8 Å². The SMILES string of the molecule is CC(CS(C)=O)Nc1cc(N)cc(OC(C)C)c1. The van der Waals surface area contributed by atoms with Gasteiger partial charge in [-0.25, -0.2) is 0 Å². The van der Waals surface area contributed by atoms with E-state index in [1.807, 2.05) is 32.9 Å². The summed E-state index contributed by atoms with van der Waals surface area (Å²) in [7, 11) is -0.814. The first-order valence-electron chi connectivity index (χ1n) is 6.00. The van der Waals surface area contributed by atoms with Gasteiger partial charge in [-0.15, -0.1) is 0 Å². The number of nitrogens with one attached hydrogen (secondary N) is 1. The zero-order chi connectivity index (χ0) is 13.7. The van der Waals surface area contributed by atoms with Gasteiger partial charge in [0.1, 0.15) is 5.75 Å². The fourth-order valence-electron chi connectivity index (χ4n) is 1.72. The normalized spacial score (nSPS) is 14.3. The Labute approximate surface area is 111 Å². The standard InChI is InChI=1S/C13H22N2O2S/c1-9(2)17-13-6-11(14)5-12(7-13)15-10(3)8-18(4)16/h5-7,9-10,15H,8,14H2,1-4H3. The summed E-state index contributed by atoms with van der Waals surface area (Å²) in [6, 6.07) is 5.69. The molecule has 0 aromatic heterocycles. The molecule has 4 nitrogen and oxygen atoms in total. The molecule has 0 aliphatic rings. The minimum absolute atomic E-state index is 0.111. The van der Waals surface area contributed by atoms with Crippen LogP contribution in [0.15, 0.2) is 18.2 Å². The molecule has 5 heteroatoms. The van der Waals surface area contributed by atoms with Gasteiger partial charge in [-0.1, -0.05) is 0 Å². The first kappa shape index (κ1) is 14.8. The van der Waals surface area contributed by atoms with Crippen LogP contribution in [0.2, 0.25) is 0 Å². The first-order valence-corrected chi connectivity index (χ1v) is 7.73. The Kier molecular flexibility index (Phi) is 5.47. The molecule has 0 amide bonds. The number of ether oxygens (including phenoxy) is 1. The Morgan fingerprint density at radius 1 is 1.33 bits per heavy atom. The highest BCUT2D eigenvalue weighted by Crippen LogP contribution is 2.24. The van der Waals surface area contributed by atoms with Crippen molar-refractivity contribution >= 4 is 22.2 Å². The molecule has 1 rings (SSSR count). The van der Waals surface area contributed by atoms with Crippen LogP contribution in [-0.2, 0) is 10.8 Å². The molecular formula is C13H22N2O2S. The minimum atomic E-state index is -0.814. The molecule has 1 aromatic rings. The zero-order valence-electron chi connectivity index (χ0n) is 11.4. The minimum Gasteiger partial charge on any atom is -0.491 e. The largest absolute Gasteiger partial charge is 0.491 e. The number of rotatable bonds is 6. The van der Waals surface area contributed by atoms with Crippen molar-refractivity contribution in [2.75, 3.05) is 23.1 Å². The van der Waals surface area contributed by atoms with Crippen LogP contribution in [0, 0.1) is 0 Å². The lowest BCUT2D eigenvalue weighted by molar-refractivity contribution is 0.242. The number of anilines is 2. The molecule has 18 heavy (non-hydrogen) atoms. The van der Waals surface area contributed by atoms with E-state index in [9.17, 15) is 4.21 Å². The van der Waals surface area contributed by atoms with Crippen molar-refractivity contribution in [1.29, 1.82) is 0 Å². The van der Waals surface area contributed by atoms with Crippen molar-refractivity contribution in [3.63, 3.8) is 0 Å². The van der Waals surface area contributed by atoms with E-state index in [2.05, 4.69) is 5.32 Å². The second-order valence-electron chi connectivity index (χ2n) is 4.74. The third kappa shape index (κ3) is 5.40.